The van der Waals surface area contributed by atoms with Crippen LogP contribution in [0.2, 0.25) is 5.02 Å². The quantitative estimate of drug-likeness (QED) is 0.817. The van der Waals surface area contributed by atoms with Crippen LogP contribution in [0.5, 0.6) is 0 Å². The molecule has 0 unspecified atom stereocenters. The first-order valence-electron chi connectivity index (χ1n) is 5.46. The van der Waals surface area contributed by atoms with Crippen molar-refractivity contribution in [1.82, 2.24) is 5.32 Å². The third-order valence-electron chi connectivity index (χ3n) is 2.13. The first-order chi connectivity index (χ1) is 8.15. The van der Waals surface area contributed by atoms with Crippen molar-refractivity contribution in [2.75, 3.05) is 19.8 Å². The second-order valence-electron chi connectivity index (χ2n) is 3.43. The summed E-state index contributed by atoms with van der Waals surface area (Å²) in [4.78, 5) is 11.8. The molecule has 0 spiro atoms. The van der Waals surface area contributed by atoms with E-state index in [0.29, 0.717) is 30.3 Å². The first-order valence-corrected chi connectivity index (χ1v) is 6.63. The van der Waals surface area contributed by atoms with E-state index in [1.165, 1.54) is 0 Å². The summed E-state index contributed by atoms with van der Waals surface area (Å²) in [5.41, 5.74) is 0.484. The van der Waals surface area contributed by atoms with E-state index in [2.05, 4.69) is 21.2 Å². The average Bonchev–Trinajstić information content (AvgIpc) is 2.32. The van der Waals surface area contributed by atoms with Gasteiger partial charge in [0.15, 0.2) is 0 Å². The second kappa shape index (κ2) is 7.69. The molecule has 94 valence electrons. The summed E-state index contributed by atoms with van der Waals surface area (Å²) >= 11 is 9.26. The molecular weight excluding hydrogens is 305 g/mol. The monoisotopic (exact) mass is 319 g/mol. The molecule has 1 aromatic carbocycles. The maximum Gasteiger partial charge on any atom is 0.252 e. The Labute approximate surface area is 115 Å². The van der Waals surface area contributed by atoms with Crippen LogP contribution in [0, 0.1) is 0 Å². The molecule has 1 amide bonds. The number of hydrogen-bond donors (Lipinski definition) is 1. The van der Waals surface area contributed by atoms with E-state index in [9.17, 15) is 4.79 Å². The van der Waals surface area contributed by atoms with Crippen molar-refractivity contribution in [2.45, 2.75) is 13.3 Å². The highest BCUT2D eigenvalue weighted by Gasteiger charge is 2.09. The summed E-state index contributed by atoms with van der Waals surface area (Å²) in [6, 6.07) is 5.20. The van der Waals surface area contributed by atoms with E-state index in [1.807, 2.05) is 6.92 Å². The molecule has 3 nitrogen and oxygen atoms in total. The second-order valence-corrected chi connectivity index (χ2v) is 4.75. The molecule has 0 atom stereocenters. The maximum atomic E-state index is 11.8. The first kappa shape index (κ1) is 14.5. The molecule has 0 radical (unpaired) electrons. The van der Waals surface area contributed by atoms with Gasteiger partial charge in [0, 0.05) is 24.2 Å². The number of carbonyl (C=O) groups excluding carboxylic acids is 1. The van der Waals surface area contributed by atoms with Crippen molar-refractivity contribution in [2.24, 2.45) is 0 Å². The van der Waals surface area contributed by atoms with Gasteiger partial charge in [-0.25, -0.2) is 0 Å². The lowest BCUT2D eigenvalue weighted by Gasteiger charge is -2.07. The predicted molar refractivity (Wildman–Crippen MR) is 72.6 cm³/mol. The lowest BCUT2D eigenvalue weighted by atomic mass is 10.2. The largest absolute Gasteiger partial charge is 0.382 e. The van der Waals surface area contributed by atoms with Crippen molar-refractivity contribution in [1.29, 1.82) is 0 Å². The van der Waals surface area contributed by atoms with Crippen LogP contribution in [0.3, 0.4) is 0 Å². The van der Waals surface area contributed by atoms with Crippen LogP contribution in [0.15, 0.2) is 22.7 Å². The molecule has 0 saturated carbocycles. The Morgan fingerprint density at radius 1 is 1.53 bits per heavy atom. The number of amides is 1. The normalized spacial score (nSPS) is 10.3. The third-order valence-corrected chi connectivity index (χ3v) is 2.95. The Morgan fingerprint density at radius 2 is 2.29 bits per heavy atom. The Kier molecular flexibility index (Phi) is 6.55. The summed E-state index contributed by atoms with van der Waals surface area (Å²) < 4.78 is 6.01. The van der Waals surface area contributed by atoms with Gasteiger partial charge in [0.2, 0.25) is 0 Å². The van der Waals surface area contributed by atoms with E-state index in [-0.39, 0.29) is 5.91 Å². The summed E-state index contributed by atoms with van der Waals surface area (Å²) in [7, 11) is 0. The number of carbonyl (C=O) groups is 1. The summed E-state index contributed by atoms with van der Waals surface area (Å²) in [5.74, 6) is -0.159. The topological polar surface area (TPSA) is 38.3 Å². The zero-order chi connectivity index (χ0) is 12.7. The number of nitrogens with one attached hydrogen (secondary N) is 1. The smallest absolute Gasteiger partial charge is 0.252 e. The zero-order valence-electron chi connectivity index (χ0n) is 9.63. The molecule has 5 heteroatoms. The van der Waals surface area contributed by atoms with E-state index in [0.717, 1.165) is 10.9 Å². The number of halogens is 2. The maximum absolute atomic E-state index is 11.8. The summed E-state index contributed by atoms with van der Waals surface area (Å²) in [6.45, 7) is 3.88. The van der Waals surface area contributed by atoms with Gasteiger partial charge < -0.3 is 10.1 Å². The molecule has 1 N–H and O–H groups in total. The van der Waals surface area contributed by atoms with Gasteiger partial charge >= 0.3 is 0 Å². The number of hydrogen-bond acceptors (Lipinski definition) is 2. The lowest BCUT2D eigenvalue weighted by molar-refractivity contribution is 0.0944. The van der Waals surface area contributed by atoms with E-state index < -0.39 is 0 Å². The number of benzene rings is 1. The summed E-state index contributed by atoms with van der Waals surface area (Å²) in [6.07, 6.45) is 0.797. The highest BCUT2D eigenvalue weighted by molar-refractivity contribution is 9.10. The van der Waals surface area contributed by atoms with Gasteiger partial charge in [0.05, 0.1) is 10.6 Å². The van der Waals surface area contributed by atoms with Gasteiger partial charge in [0.25, 0.3) is 5.91 Å². The van der Waals surface area contributed by atoms with Gasteiger partial charge in [-0.15, -0.1) is 0 Å². The van der Waals surface area contributed by atoms with E-state index in [1.54, 1.807) is 18.2 Å². The Hall–Kier alpha value is -0.580. The predicted octanol–water partition coefficient (Wildman–Crippen LogP) is 3.26. The van der Waals surface area contributed by atoms with Crippen LogP contribution in [0.1, 0.15) is 23.7 Å². The van der Waals surface area contributed by atoms with Crippen molar-refractivity contribution in [3.63, 3.8) is 0 Å². The van der Waals surface area contributed by atoms with Crippen LogP contribution < -0.4 is 5.32 Å². The molecule has 1 rings (SSSR count). The number of rotatable bonds is 6. The van der Waals surface area contributed by atoms with E-state index >= 15 is 0 Å². The van der Waals surface area contributed by atoms with Crippen molar-refractivity contribution >= 4 is 33.4 Å². The fourth-order valence-corrected chi connectivity index (χ4v) is 1.85. The van der Waals surface area contributed by atoms with Crippen LogP contribution in [0.4, 0.5) is 0 Å². The molecule has 0 fully saturated rings. The minimum Gasteiger partial charge on any atom is -0.382 e. The minimum atomic E-state index is -0.159. The third kappa shape index (κ3) is 5.06. The molecule has 17 heavy (non-hydrogen) atoms. The van der Waals surface area contributed by atoms with Crippen LogP contribution in [0.25, 0.3) is 0 Å². The highest BCUT2D eigenvalue weighted by atomic mass is 79.9. The molecule has 0 aromatic heterocycles. The average molecular weight is 321 g/mol. The molecule has 0 aliphatic heterocycles. The Balaban J connectivity index is 2.44. The molecular formula is C12H15BrClNO2. The van der Waals surface area contributed by atoms with E-state index in [4.69, 9.17) is 16.3 Å². The van der Waals surface area contributed by atoms with Gasteiger partial charge in [-0.3, -0.25) is 4.79 Å². The van der Waals surface area contributed by atoms with Crippen LogP contribution in [-0.4, -0.2) is 25.7 Å². The van der Waals surface area contributed by atoms with Crippen molar-refractivity contribution in [3.05, 3.63) is 33.3 Å². The fourth-order valence-electron chi connectivity index (χ4n) is 1.29. The van der Waals surface area contributed by atoms with Gasteiger partial charge in [0.1, 0.15) is 0 Å². The van der Waals surface area contributed by atoms with Crippen LogP contribution >= 0.6 is 27.5 Å². The molecule has 0 aliphatic carbocycles. The zero-order valence-corrected chi connectivity index (χ0v) is 12.0. The fraction of sp³-hybridized carbons (Fsp3) is 0.417. The van der Waals surface area contributed by atoms with Crippen molar-refractivity contribution in [3.8, 4) is 0 Å². The molecule has 0 saturated heterocycles. The number of ether oxygens (including phenoxy) is 1. The van der Waals surface area contributed by atoms with Gasteiger partial charge in [-0.05, 0) is 31.5 Å². The molecule has 1 aromatic rings. The lowest BCUT2D eigenvalue weighted by Crippen LogP contribution is -2.25. The summed E-state index contributed by atoms with van der Waals surface area (Å²) in [5, 5.41) is 3.26. The van der Waals surface area contributed by atoms with Gasteiger partial charge in [-0.1, -0.05) is 27.5 Å². The Morgan fingerprint density at radius 3 is 3.00 bits per heavy atom. The minimum absolute atomic E-state index is 0.159. The van der Waals surface area contributed by atoms with Crippen LogP contribution in [-0.2, 0) is 4.74 Å². The molecule has 0 bridgehead atoms. The molecule has 0 aliphatic rings. The SMILES string of the molecule is CCOCCCNC(=O)c1cc(Br)ccc1Cl. The van der Waals surface area contributed by atoms with Gasteiger partial charge in [-0.2, -0.15) is 0 Å². The highest BCUT2D eigenvalue weighted by Crippen LogP contribution is 2.20. The van der Waals surface area contributed by atoms with Crippen molar-refractivity contribution < 1.29 is 9.53 Å². The molecule has 0 heterocycles. The Bertz CT molecular complexity index is 385. The standard InChI is InChI=1S/C12H15BrClNO2/c1-2-17-7-3-6-15-12(16)10-8-9(13)4-5-11(10)14/h4-5,8H,2-3,6-7H2,1H3,(H,15,16).